The number of thioether (sulfide) groups is 1. The van der Waals surface area contributed by atoms with E-state index in [-0.39, 0.29) is 6.03 Å². The number of benzene rings is 1. The summed E-state index contributed by atoms with van der Waals surface area (Å²) < 4.78 is 0. The molecule has 2 rings (SSSR count). The van der Waals surface area contributed by atoms with Gasteiger partial charge in [-0.25, -0.2) is 9.59 Å². The molecular weight excluding hydrogens is 312 g/mol. The Labute approximate surface area is 132 Å². The molecule has 7 heteroatoms. The lowest BCUT2D eigenvalue weighted by atomic mass is 10.2. The van der Waals surface area contributed by atoms with E-state index in [1.165, 1.54) is 9.80 Å². The monoisotopic (exact) mass is 328 g/mol. The highest BCUT2D eigenvalue weighted by molar-refractivity contribution is 7.99. The van der Waals surface area contributed by atoms with E-state index >= 15 is 0 Å². The predicted molar refractivity (Wildman–Crippen MR) is 83.8 cm³/mol. The van der Waals surface area contributed by atoms with Gasteiger partial charge in [0.15, 0.2) is 0 Å². The van der Waals surface area contributed by atoms with Crippen molar-refractivity contribution in [1.29, 1.82) is 0 Å². The van der Waals surface area contributed by atoms with Gasteiger partial charge in [-0.15, -0.1) is 0 Å². The van der Waals surface area contributed by atoms with Crippen molar-refractivity contribution >= 4 is 35.4 Å². The summed E-state index contributed by atoms with van der Waals surface area (Å²) >= 11 is 7.39. The molecule has 1 aromatic rings. The fourth-order valence-electron chi connectivity index (χ4n) is 2.19. The van der Waals surface area contributed by atoms with Crippen molar-refractivity contribution in [3.05, 3.63) is 34.9 Å². The van der Waals surface area contributed by atoms with Gasteiger partial charge in [0.1, 0.15) is 6.04 Å². The Morgan fingerprint density at radius 1 is 1.43 bits per heavy atom. The number of rotatable bonds is 3. The molecule has 1 N–H and O–H groups in total. The number of carboxylic acids is 1. The van der Waals surface area contributed by atoms with Crippen LogP contribution >= 0.6 is 23.4 Å². The predicted octanol–water partition coefficient (Wildman–Crippen LogP) is 2.39. The van der Waals surface area contributed by atoms with Crippen LogP contribution < -0.4 is 0 Å². The molecule has 2 amide bonds. The molecule has 0 saturated carbocycles. The summed E-state index contributed by atoms with van der Waals surface area (Å²) in [6.07, 6.45) is 0. The Hall–Kier alpha value is -1.40. The Morgan fingerprint density at radius 3 is 2.71 bits per heavy atom. The summed E-state index contributed by atoms with van der Waals surface area (Å²) in [6.45, 7) is 0.886. The zero-order chi connectivity index (χ0) is 15.4. The van der Waals surface area contributed by atoms with Crippen LogP contribution in [-0.2, 0) is 11.3 Å². The molecule has 0 bridgehead atoms. The highest BCUT2D eigenvalue weighted by Gasteiger charge is 2.33. The van der Waals surface area contributed by atoms with E-state index in [2.05, 4.69) is 0 Å². The first-order valence-electron chi connectivity index (χ1n) is 6.56. The van der Waals surface area contributed by atoms with E-state index in [1.54, 1.807) is 30.9 Å². The topological polar surface area (TPSA) is 60.9 Å². The summed E-state index contributed by atoms with van der Waals surface area (Å²) in [5.74, 6) is 0.260. The second-order valence-corrected chi connectivity index (χ2v) is 6.47. The molecule has 1 aliphatic rings. The summed E-state index contributed by atoms with van der Waals surface area (Å²) in [6, 6.07) is 6.25. The van der Waals surface area contributed by atoms with Gasteiger partial charge in [-0.05, 0) is 17.7 Å². The average molecular weight is 329 g/mol. The molecule has 0 spiro atoms. The van der Waals surface area contributed by atoms with Crippen molar-refractivity contribution in [3.63, 3.8) is 0 Å². The van der Waals surface area contributed by atoms with Crippen LogP contribution in [0.2, 0.25) is 5.02 Å². The molecule has 0 aliphatic carbocycles. The van der Waals surface area contributed by atoms with Crippen LogP contribution in [0.25, 0.3) is 0 Å². The minimum atomic E-state index is -0.949. The molecule has 1 aliphatic heterocycles. The molecule has 1 aromatic carbocycles. The van der Waals surface area contributed by atoms with Crippen molar-refractivity contribution in [2.45, 2.75) is 12.6 Å². The minimum Gasteiger partial charge on any atom is -0.480 e. The second kappa shape index (κ2) is 7.04. The third kappa shape index (κ3) is 4.04. The normalized spacial score (nSPS) is 18.4. The maximum absolute atomic E-state index is 12.4. The number of aliphatic carboxylic acids is 1. The van der Waals surface area contributed by atoms with Gasteiger partial charge in [-0.1, -0.05) is 23.7 Å². The first kappa shape index (κ1) is 16.0. The lowest BCUT2D eigenvalue weighted by Gasteiger charge is -2.35. The first-order chi connectivity index (χ1) is 9.99. The van der Waals surface area contributed by atoms with Gasteiger partial charge >= 0.3 is 12.0 Å². The molecule has 114 valence electrons. The second-order valence-electron chi connectivity index (χ2n) is 4.89. The van der Waals surface area contributed by atoms with Crippen LogP contribution in [0.15, 0.2) is 24.3 Å². The third-order valence-electron chi connectivity index (χ3n) is 3.32. The van der Waals surface area contributed by atoms with E-state index in [9.17, 15) is 14.7 Å². The molecule has 0 radical (unpaired) electrons. The highest BCUT2D eigenvalue weighted by atomic mass is 35.5. The molecule has 0 aromatic heterocycles. The number of nitrogens with zero attached hydrogens (tertiary/aromatic N) is 2. The van der Waals surface area contributed by atoms with Crippen LogP contribution in [0.4, 0.5) is 4.79 Å². The van der Waals surface area contributed by atoms with Crippen LogP contribution in [-0.4, -0.2) is 58.0 Å². The first-order valence-corrected chi connectivity index (χ1v) is 8.09. The zero-order valence-electron chi connectivity index (χ0n) is 11.7. The van der Waals surface area contributed by atoms with E-state index in [1.807, 2.05) is 12.1 Å². The Bertz CT molecular complexity index is 523. The SMILES string of the molecule is CN(Cc1ccc(Cl)cc1)C(=O)N1CCSCC1C(=O)O. The Kier molecular flexibility index (Phi) is 5.36. The number of urea groups is 1. The number of hydrogen-bond acceptors (Lipinski definition) is 3. The number of carbonyl (C=O) groups is 2. The van der Waals surface area contributed by atoms with Gasteiger partial charge in [-0.2, -0.15) is 11.8 Å². The smallest absolute Gasteiger partial charge is 0.327 e. The summed E-state index contributed by atoms with van der Waals surface area (Å²) in [7, 11) is 1.68. The summed E-state index contributed by atoms with van der Waals surface area (Å²) in [5, 5.41) is 9.86. The standard InChI is InChI=1S/C14H17ClN2O3S/c1-16(8-10-2-4-11(15)5-3-10)14(20)17-6-7-21-9-12(17)13(18)19/h2-5,12H,6-9H2,1H3,(H,18,19). The van der Waals surface area contributed by atoms with Gasteiger partial charge in [0.05, 0.1) is 0 Å². The van der Waals surface area contributed by atoms with Crippen molar-refractivity contribution in [2.75, 3.05) is 25.1 Å². The van der Waals surface area contributed by atoms with Gasteiger partial charge in [0, 0.05) is 36.7 Å². The number of halogens is 1. The third-order valence-corrected chi connectivity index (χ3v) is 4.59. The Balaban J connectivity index is 2.03. The van der Waals surface area contributed by atoms with Gasteiger partial charge in [0.25, 0.3) is 0 Å². The maximum atomic E-state index is 12.4. The van der Waals surface area contributed by atoms with Gasteiger partial charge < -0.3 is 14.9 Å². The summed E-state index contributed by atoms with van der Waals surface area (Å²) in [5.41, 5.74) is 0.952. The van der Waals surface area contributed by atoms with E-state index < -0.39 is 12.0 Å². The molecule has 5 nitrogen and oxygen atoms in total. The molecule has 1 saturated heterocycles. The number of carbonyl (C=O) groups excluding carboxylic acids is 1. The molecule has 1 unspecified atom stereocenters. The zero-order valence-corrected chi connectivity index (χ0v) is 13.2. The van der Waals surface area contributed by atoms with Crippen molar-refractivity contribution in [1.82, 2.24) is 9.80 Å². The van der Waals surface area contributed by atoms with Gasteiger partial charge in [0.2, 0.25) is 0 Å². The van der Waals surface area contributed by atoms with Crippen LogP contribution in [0, 0.1) is 0 Å². The Morgan fingerprint density at radius 2 is 2.10 bits per heavy atom. The lowest BCUT2D eigenvalue weighted by Crippen LogP contribution is -2.53. The van der Waals surface area contributed by atoms with Crippen molar-refractivity contribution in [2.24, 2.45) is 0 Å². The van der Waals surface area contributed by atoms with Crippen LogP contribution in [0.5, 0.6) is 0 Å². The largest absolute Gasteiger partial charge is 0.480 e. The lowest BCUT2D eigenvalue weighted by molar-refractivity contribution is -0.141. The van der Waals surface area contributed by atoms with Gasteiger partial charge in [-0.3, -0.25) is 0 Å². The van der Waals surface area contributed by atoms with E-state index in [0.717, 1.165) is 11.3 Å². The summed E-state index contributed by atoms with van der Waals surface area (Å²) in [4.78, 5) is 26.7. The fourth-order valence-corrected chi connectivity index (χ4v) is 3.35. The van der Waals surface area contributed by atoms with Crippen molar-refractivity contribution in [3.8, 4) is 0 Å². The number of hydrogen-bond donors (Lipinski definition) is 1. The van der Waals surface area contributed by atoms with E-state index in [4.69, 9.17) is 11.6 Å². The molecular formula is C14H17ClN2O3S. The van der Waals surface area contributed by atoms with Crippen LogP contribution in [0.3, 0.4) is 0 Å². The fraction of sp³-hybridized carbons (Fsp3) is 0.429. The molecule has 21 heavy (non-hydrogen) atoms. The molecule has 1 fully saturated rings. The highest BCUT2D eigenvalue weighted by Crippen LogP contribution is 2.19. The van der Waals surface area contributed by atoms with E-state index in [0.29, 0.717) is 23.9 Å². The quantitative estimate of drug-likeness (QED) is 0.925. The van der Waals surface area contributed by atoms with Crippen LogP contribution in [0.1, 0.15) is 5.56 Å². The van der Waals surface area contributed by atoms with Crippen molar-refractivity contribution < 1.29 is 14.7 Å². The molecule has 1 atom stereocenters. The number of carboxylic acid groups (broad SMARTS) is 1. The molecule has 1 heterocycles. The minimum absolute atomic E-state index is 0.252. The maximum Gasteiger partial charge on any atom is 0.327 e. The number of amides is 2. The average Bonchev–Trinajstić information content (AvgIpc) is 2.48.